The largest absolute Gasteiger partial charge is 0.326 e. The molecule has 0 unspecified atom stereocenters. The van der Waals surface area contributed by atoms with Crippen LogP contribution in [0.5, 0.6) is 0 Å². The number of halogens is 1. The predicted octanol–water partition coefficient (Wildman–Crippen LogP) is 5.72. The van der Waals surface area contributed by atoms with Gasteiger partial charge in [0.25, 0.3) is 0 Å². The van der Waals surface area contributed by atoms with Gasteiger partial charge in [-0.2, -0.15) is 0 Å². The fourth-order valence-electron chi connectivity index (χ4n) is 3.65. The van der Waals surface area contributed by atoms with E-state index in [0.29, 0.717) is 11.8 Å². The molecule has 0 spiro atoms. The summed E-state index contributed by atoms with van der Waals surface area (Å²) in [7, 11) is 0. The van der Waals surface area contributed by atoms with Crippen molar-refractivity contribution in [3.63, 3.8) is 0 Å². The highest BCUT2D eigenvalue weighted by molar-refractivity contribution is 9.10. The molecule has 3 rings (SSSR count). The van der Waals surface area contributed by atoms with Crippen LogP contribution >= 0.6 is 15.9 Å². The van der Waals surface area contributed by atoms with Crippen molar-refractivity contribution in [2.45, 2.75) is 38.5 Å². The summed E-state index contributed by atoms with van der Waals surface area (Å²) in [4.78, 5) is 12.6. The van der Waals surface area contributed by atoms with E-state index in [1.54, 1.807) is 0 Å². The molecule has 2 nitrogen and oxygen atoms in total. The maximum atomic E-state index is 12.6. The number of hydrogen-bond acceptors (Lipinski definition) is 1. The van der Waals surface area contributed by atoms with E-state index in [0.717, 1.165) is 48.7 Å². The van der Waals surface area contributed by atoms with Crippen molar-refractivity contribution >= 4 is 27.5 Å². The summed E-state index contributed by atoms with van der Waals surface area (Å²) < 4.78 is 0.993. The molecule has 2 aliphatic carbocycles. The van der Waals surface area contributed by atoms with E-state index >= 15 is 0 Å². The number of carbonyl (C=O) groups is 1. The van der Waals surface area contributed by atoms with Crippen molar-refractivity contribution < 1.29 is 4.79 Å². The van der Waals surface area contributed by atoms with Gasteiger partial charge in [-0.1, -0.05) is 46.3 Å². The molecular weight excluding hydrogens is 350 g/mol. The Kier molecular flexibility index (Phi) is 5.71. The zero-order chi connectivity index (χ0) is 16.1. The van der Waals surface area contributed by atoms with Crippen LogP contribution in [0.4, 0.5) is 5.69 Å². The summed E-state index contributed by atoms with van der Waals surface area (Å²) in [5.41, 5.74) is 0.881. The van der Waals surface area contributed by atoms with Crippen LogP contribution in [0.3, 0.4) is 0 Å². The number of amides is 1. The molecule has 23 heavy (non-hydrogen) atoms. The Morgan fingerprint density at radius 3 is 2.17 bits per heavy atom. The van der Waals surface area contributed by atoms with E-state index in [2.05, 4.69) is 45.6 Å². The van der Waals surface area contributed by atoms with E-state index in [9.17, 15) is 4.79 Å². The van der Waals surface area contributed by atoms with Crippen molar-refractivity contribution in [1.29, 1.82) is 0 Å². The molecule has 0 radical (unpaired) electrons. The molecule has 2 atom stereocenters. The highest BCUT2D eigenvalue weighted by Crippen LogP contribution is 2.52. The Morgan fingerprint density at radius 2 is 1.57 bits per heavy atom. The molecule has 1 N–H and O–H groups in total. The second-order valence-electron chi connectivity index (χ2n) is 6.53. The summed E-state index contributed by atoms with van der Waals surface area (Å²) >= 11 is 3.45. The molecule has 0 bridgehead atoms. The number of anilines is 1. The van der Waals surface area contributed by atoms with Gasteiger partial charge in [0.1, 0.15) is 0 Å². The van der Waals surface area contributed by atoms with Crippen LogP contribution in [-0.2, 0) is 4.79 Å². The van der Waals surface area contributed by atoms with E-state index in [1.165, 1.54) is 0 Å². The summed E-state index contributed by atoms with van der Waals surface area (Å²) in [6.07, 6.45) is 15.9. The SMILES string of the molecule is O=C(Nc1cccc(Br)c1)C1[C@H]2CC/C=C\CC/C=C\CC[C@H]12. The lowest BCUT2D eigenvalue weighted by Crippen LogP contribution is -2.15. The maximum absolute atomic E-state index is 12.6. The quantitative estimate of drug-likeness (QED) is 0.660. The molecule has 1 fully saturated rings. The highest BCUT2D eigenvalue weighted by atomic mass is 79.9. The van der Waals surface area contributed by atoms with Crippen LogP contribution in [0.1, 0.15) is 38.5 Å². The van der Waals surface area contributed by atoms with Crippen LogP contribution in [0, 0.1) is 17.8 Å². The van der Waals surface area contributed by atoms with E-state index < -0.39 is 0 Å². The molecule has 0 aromatic heterocycles. The monoisotopic (exact) mass is 373 g/mol. The number of allylic oxidation sites excluding steroid dienone is 4. The van der Waals surface area contributed by atoms with Gasteiger partial charge in [0.15, 0.2) is 0 Å². The second-order valence-corrected chi connectivity index (χ2v) is 7.44. The number of benzene rings is 1. The number of hydrogen-bond donors (Lipinski definition) is 1. The maximum Gasteiger partial charge on any atom is 0.228 e. The average Bonchev–Trinajstić information content (AvgIpc) is 3.20. The molecule has 1 aromatic carbocycles. The van der Waals surface area contributed by atoms with Crippen molar-refractivity contribution in [2.75, 3.05) is 5.32 Å². The van der Waals surface area contributed by atoms with Gasteiger partial charge in [0, 0.05) is 16.1 Å². The fraction of sp³-hybridized carbons (Fsp3) is 0.450. The number of fused-ring (bicyclic) bond motifs is 1. The van der Waals surface area contributed by atoms with Gasteiger partial charge in [-0.05, 0) is 68.6 Å². The predicted molar refractivity (Wildman–Crippen MR) is 99.2 cm³/mol. The Hall–Kier alpha value is -1.35. The first kappa shape index (κ1) is 16.5. The molecule has 2 aliphatic rings. The van der Waals surface area contributed by atoms with Gasteiger partial charge in [-0.25, -0.2) is 0 Å². The molecule has 1 aromatic rings. The third kappa shape index (κ3) is 4.57. The summed E-state index contributed by atoms with van der Waals surface area (Å²) in [6, 6.07) is 7.83. The number of rotatable bonds is 2. The van der Waals surface area contributed by atoms with E-state index in [-0.39, 0.29) is 11.8 Å². The third-order valence-electron chi connectivity index (χ3n) is 4.89. The molecule has 3 heteroatoms. The van der Waals surface area contributed by atoms with E-state index in [4.69, 9.17) is 0 Å². The zero-order valence-corrected chi connectivity index (χ0v) is 15.0. The van der Waals surface area contributed by atoms with Crippen molar-refractivity contribution in [3.05, 3.63) is 53.0 Å². The number of nitrogens with one attached hydrogen (secondary N) is 1. The minimum atomic E-state index is 0.191. The summed E-state index contributed by atoms with van der Waals surface area (Å²) in [5.74, 6) is 1.50. The Morgan fingerprint density at radius 1 is 0.957 bits per heavy atom. The van der Waals surface area contributed by atoms with Gasteiger partial charge in [0.2, 0.25) is 5.91 Å². The standard InChI is InChI=1S/C20H24BrNO/c21-15-10-9-11-16(14-15)22-20(23)19-17-12-7-5-3-1-2-4-6-8-13-18(17)19/h3-6,9-11,14,17-19H,1-2,7-8,12-13H2,(H,22,23)/b5-3-,6-4-/t17-,18-/m0/s1. The molecule has 0 heterocycles. The van der Waals surface area contributed by atoms with Gasteiger partial charge >= 0.3 is 0 Å². The van der Waals surface area contributed by atoms with Crippen LogP contribution in [0.15, 0.2) is 53.0 Å². The van der Waals surface area contributed by atoms with Crippen molar-refractivity contribution in [1.82, 2.24) is 0 Å². The minimum absolute atomic E-state index is 0.191. The molecule has 1 saturated carbocycles. The lowest BCUT2D eigenvalue weighted by Gasteiger charge is -2.05. The van der Waals surface area contributed by atoms with Crippen LogP contribution in [0.25, 0.3) is 0 Å². The molecular formula is C20H24BrNO. The first-order valence-corrected chi connectivity index (χ1v) is 9.41. The summed E-state index contributed by atoms with van der Waals surface area (Å²) in [5, 5.41) is 3.09. The topological polar surface area (TPSA) is 29.1 Å². The van der Waals surface area contributed by atoms with Gasteiger partial charge in [-0.15, -0.1) is 0 Å². The van der Waals surface area contributed by atoms with Crippen LogP contribution < -0.4 is 5.32 Å². The van der Waals surface area contributed by atoms with Gasteiger partial charge in [-0.3, -0.25) is 4.79 Å². The summed E-state index contributed by atoms with van der Waals surface area (Å²) in [6.45, 7) is 0. The van der Waals surface area contributed by atoms with Crippen molar-refractivity contribution in [3.8, 4) is 0 Å². The van der Waals surface area contributed by atoms with Crippen molar-refractivity contribution in [2.24, 2.45) is 17.8 Å². The smallest absolute Gasteiger partial charge is 0.228 e. The Balaban J connectivity index is 1.61. The fourth-order valence-corrected chi connectivity index (χ4v) is 4.05. The van der Waals surface area contributed by atoms with E-state index in [1.807, 2.05) is 24.3 Å². The zero-order valence-electron chi connectivity index (χ0n) is 13.4. The average molecular weight is 374 g/mol. The molecule has 0 saturated heterocycles. The normalized spacial score (nSPS) is 30.2. The highest BCUT2D eigenvalue weighted by Gasteiger charge is 2.52. The first-order valence-electron chi connectivity index (χ1n) is 8.62. The minimum Gasteiger partial charge on any atom is -0.326 e. The number of carbonyl (C=O) groups excluding carboxylic acids is 1. The lowest BCUT2D eigenvalue weighted by atomic mass is 10.1. The van der Waals surface area contributed by atoms with Crippen LogP contribution in [0.2, 0.25) is 0 Å². The van der Waals surface area contributed by atoms with Gasteiger partial charge in [0.05, 0.1) is 0 Å². The van der Waals surface area contributed by atoms with Gasteiger partial charge < -0.3 is 5.32 Å². The molecule has 1 amide bonds. The Labute approximate surface area is 147 Å². The van der Waals surface area contributed by atoms with Crippen LogP contribution in [-0.4, -0.2) is 5.91 Å². The molecule has 122 valence electrons. The Bertz CT molecular complexity index is 583. The third-order valence-corrected chi connectivity index (χ3v) is 5.39. The second kappa shape index (κ2) is 7.96. The lowest BCUT2D eigenvalue weighted by molar-refractivity contribution is -0.117. The first-order chi connectivity index (χ1) is 11.3. The molecule has 0 aliphatic heterocycles.